The van der Waals surface area contributed by atoms with Crippen LogP contribution >= 0.6 is 0 Å². The van der Waals surface area contributed by atoms with Gasteiger partial charge in [0.25, 0.3) is 0 Å². The number of rotatable bonds is 5. The van der Waals surface area contributed by atoms with Crippen LogP contribution in [0.15, 0.2) is 41.1 Å². The summed E-state index contributed by atoms with van der Waals surface area (Å²) in [5, 5.41) is 8.01. The van der Waals surface area contributed by atoms with Crippen LogP contribution in [-0.2, 0) is 19.4 Å². The van der Waals surface area contributed by atoms with Crippen molar-refractivity contribution < 1.29 is 19.4 Å². The van der Waals surface area contributed by atoms with Crippen LogP contribution in [0.5, 0.6) is 0 Å². The van der Waals surface area contributed by atoms with Gasteiger partial charge >= 0.3 is 127 Å². The molecule has 104 valence electrons. The van der Waals surface area contributed by atoms with Crippen LogP contribution in [0.3, 0.4) is 0 Å². The van der Waals surface area contributed by atoms with Gasteiger partial charge in [-0.15, -0.1) is 0 Å². The number of hydrazone groups is 1. The Hall–Kier alpha value is -0.792. The Kier molecular flexibility index (Phi) is 6.09. The van der Waals surface area contributed by atoms with Gasteiger partial charge in [0.05, 0.1) is 0 Å². The van der Waals surface area contributed by atoms with Crippen molar-refractivity contribution in [2.75, 3.05) is 7.05 Å². The van der Waals surface area contributed by atoms with Gasteiger partial charge in [0.2, 0.25) is 0 Å². The Bertz CT molecular complexity index is 460. The van der Waals surface area contributed by atoms with E-state index < -0.39 is 0 Å². The summed E-state index contributed by atoms with van der Waals surface area (Å²) in [4.78, 5) is 0. The van der Waals surface area contributed by atoms with Gasteiger partial charge in [-0.25, -0.2) is 0 Å². The first-order valence-electron chi connectivity index (χ1n) is 6.54. The van der Waals surface area contributed by atoms with Gasteiger partial charge in [0.1, 0.15) is 0 Å². The summed E-state index contributed by atoms with van der Waals surface area (Å²) in [5.41, 5.74) is 6.62. The van der Waals surface area contributed by atoms with E-state index in [-0.39, 0.29) is 5.54 Å². The molecule has 2 N–H and O–H groups in total. The quantitative estimate of drug-likeness (QED) is 0.660. The molecule has 0 aromatic carbocycles. The van der Waals surface area contributed by atoms with E-state index in [4.69, 9.17) is 0 Å². The van der Waals surface area contributed by atoms with Crippen LogP contribution in [0.25, 0.3) is 0 Å². The molecular formula is C15H23N3W. The Morgan fingerprint density at radius 3 is 2.74 bits per heavy atom. The van der Waals surface area contributed by atoms with Crippen LogP contribution in [0.4, 0.5) is 0 Å². The second-order valence-corrected chi connectivity index (χ2v) is 7.04. The Balaban J connectivity index is 3.29. The van der Waals surface area contributed by atoms with Crippen molar-refractivity contribution in [3.8, 4) is 0 Å². The van der Waals surface area contributed by atoms with Crippen molar-refractivity contribution in [2.45, 2.75) is 39.2 Å². The fourth-order valence-electron chi connectivity index (χ4n) is 2.27. The third-order valence-electron chi connectivity index (χ3n) is 3.28. The van der Waals surface area contributed by atoms with Crippen LogP contribution in [0, 0.1) is 0 Å². The van der Waals surface area contributed by atoms with Crippen LogP contribution in [0.1, 0.15) is 33.6 Å². The molecule has 1 rings (SSSR count). The monoisotopic (exact) mass is 429 g/mol. The first-order valence-corrected chi connectivity index (χ1v) is 8.01. The normalized spacial score (nSPS) is 29.2. The van der Waals surface area contributed by atoms with Crippen LogP contribution in [-0.4, -0.2) is 22.3 Å². The molecule has 0 saturated heterocycles. The summed E-state index contributed by atoms with van der Waals surface area (Å²) < 4.78 is 1.16. The van der Waals surface area contributed by atoms with E-state index in [1.54, 1.807) is 0 Å². The number of nitrogens with one attached hydrogen (secondary N) is 2. The SMILES string of the molecule is C=C/C=C1C(=C/CC)\CC(C)(NC)C\1=N/N[C](C)=[W]. The molecule has 1 atom stereocenters. The average molecular weight is 429 g/mol. The summed E-state index contributed by atoms with van der Waals surface area (Å²) in [6, 6.07) is 0. The maximum absolute atomic E-state index is 4.61. The predicted octanol–water partition coefficient (Wildman–Crippen LogP) is 2.46. The molecule has 19 heavy (non-hydrogen) atoms. The summed E-state index contributed by atoms with van der Waals surface area (Å²) in [6.07, 6.45) is 8.17. The summed E-state index contributed by atoms with van der Waals surface area (Å²) in [7, 11) is 1.99. The predicted molar refractivity (Wildman–Crippen MR) is 80.0 cm³/mol. The van der Waals surface area contributed by atoms with E-state index in [2.05, 4.69) is 48.4 Å². The molecule has 0 heterocycles. The summed E-state index contributed by atoms with van der Waals surface area (Å²) >= 11 is 1.40. The van der Waals surface area contributed by atoms with Crippen molar-refractivity contribution >= 4 is 9.73 Å². The number of hydrogen-bond acceptors (Lipinski definition) is 3. The molecule has 1 fully saturated rings. The third kappa shape index (κ3) is 3.84. The molecule has 1 aliphatic carbocycles. The molecule has 0 aromatic heterocycles. The molecule has 0 spiro atoms. The van der Waals surface area contributed by atoms with Gasteiger partial charge in [-0.1, -0.05) is 0 Å². The second-order valence-electron chi connectivity index (χ2n) is 4.84. The number of hydrogen-bond donors (Lipinski definition) is 2. The standard InChI is InChI=1S/C15H23N3.W/c1-6-9-12-11-15(4,16-5)14(18-17-8-3)13(12)10-7-2;/h7,9-10,16-17H,2,6,11H2,1,3-5H3;/b12-9-,13-10+,18-14-;. The Labute approximate surface area is 127 Å². The number of nitrogens with zero attached hydrogens (tertiary/aromatic N) is 1. The van der Waals surface area contributed by atoms with E-state index in [0.717, 1.165) is 22.6 Å². The van der Waals surface area contributed by atoms with E-state index in [1.165, 1.54) is 30.5 Å². The topological polar surface area (TPSA) is 36.4 Å². The maximum atomic E-state index is 4.61. The fraction of sp³-hybridized carbons (Fsp3) is 0.467. The minimum atomic E-state index is -0.117. The van der Waals surface area contributed by atoms with E-state index in [9.17, 15) is 0 Å². The molecule has 0 amide bonds. The van der Waals surface area contributed by atoms with Gasteiger partial charge in [0, 0.05) is 0 Å². The van der Waals surface area contributed by atoms with Crippen LogP contribution in [0.2, 0.25) is 0 Å². The number of allylic oxidation sites excluding steroid dienone is 3. The Morgan fingerprint density at radius 2 is 2.26 bits per heavy atom. The zero-order valence-corrected chi connectivity index (χ0v) is 15.1. The first-order chi connectivity index (χ1) is 8.98. The van der Waals surface area contributed by atoms with Crippen molar-refractivity contribution in [3.63, 3.8) is 0 Å². The summed E-state index contributed by atoms with van der Waals surface area (Å²) in [5.74, 6) is 0. The van der Waals surface area contributed by atoms with Crippen molar-refractivity contribution in [1.82, 2.24) is 10.7 Å². The third-order valence-corrected chi connectivity index (χ3v) is 3.61. The first kappa shape index (κ1) is 16.3. The second kappa shape index (κ2) is 7.11. The summed E-state index contributed by atoms with van der Waals surface area (Å²) in [6.45, 7) is 10.2. The van der Waals surface area contributed by atoms with Gasteiger partial charge in [0.15, 0.2) is 0 Å². The van der Waals surface area contributed by atoms with Gasteiger partial charge < -0.3 is 0 Å². The van der Waals surface area contributed by atoms with Crippen molar-refractivity contribution in [3.05, 3.63) is 36.0 Å². The molecule has 0 aromatic rings. The zero-order valence-electron chi connectivity index (χ0n) is 12.2. The zero-order chi connectivity index (χ0) is 14.5. The molecule has 1 unspecified atom stereocenters. The van der Waals surface area contributed by atoms with E-state index >= 15 is 0 Å². The van der Waals surface area contributed by atoms with E-state index in [0.29, 0.717) is 0 Å². The molecule has 0 radical (unpaired) electrons. The molecule has 0 bridgehead atoms. The molecule has 1 saturated carbocycles. The minimum absolute atomic E-state index is 0.117. The van der Waals surface area contributed by atoms with Gasteiger partial charge in [-0.3, -0.25) is 0 Å². The fourth-order valence-corrected chi connectivity index (χ4v) is 2.43. The molecular weight excluding hydrogens is 406 g/mol. The van der Waals surface area contributed by atoms with Gasteiger partial charge in [-0.2, -0.15) is 0 Å². The van der Waals surface area contributed by atoms with Crippen molar-refractivity contribution in [1.29, 1.82) is 0 Å². The molecule has 3 nitrogen and oxygen atoms in total. The molecule has 0 aliphatic heterocycles. The van der Waals surface area contributed by atoms with Gasteiger partial charge in [-0.05, 0) is 0 Å². The molecule has 4 heteroatoms. The Morgan fingerprint density at radius 1 is 1.58 bits per heavy atom. The average Bonchev–Trinajstić information content (AvgIpc) is 2.62. The molecule has 1 aliphatic rings. The van der Waals surface area contributed by atoms with Crippen molar-refractivity contribution in [2.24, 2.45) is 5.10 Å². The van der Waals surface area contributed by atoms with Crippen LogP contribution < -0.4 is 10.7 Å². The van der Waals surface area contributed by atoms with E-state index in [1.807, 2.05) is 20.0 Å².